The van der Waals surface area contributed by atoms with Gasteiger partial charge in [0.25, 0.3) is 0 Å². The van der Waals surface area contributed by atoms with Crippen LogP contribution < -0.4 is 11.1 Å². The third-order valence-corrected chi connectivity index (χ3v) is 4.12. The lowest BCUT2D eigenvalue weighted by Gasteiger charge is -2.21. The van der Waals surface area contributed by atoms with Crippen LogP contribution >= 0.6 is 0 Å². The number of hydrogen-bond donors (Lipinski definition) is 2. The number of rotatable bonds is 10. The van der Waals surface area contributed by atoms with E-state index in [1.165, 1.54) is 18.4 Å². The molecule has 126 valence electrons. The van der Waals surface area contributed by atoms with Gasteiger partial charge in [-0.15, -0.1) is 0 Å². The maximum atomic E-state index is 5.79. The van der Waals surface area contributed by atoms with Crippen molar-refractivity contribution in [1.29, 1.82) is 0 Å². The van der Waals surface area contributed by atoms with Crippen molar-refractivity contribution in [3.8, 4) is 0 Å². The lowest BCUT2D eigenvalue weighted by Crippen LogP contribution is -2.27. The van der Waals surface area contributed by atoms with Gasteiger partial charge in [-0.1, -0.05) is 13.3 Å². The van der Waals surface area contributed by atoms with Crippen molar-refractivity contribution in [3.63, 3.8) is 0 Å². The van der Waals surface area contributed by atoms with Gasteiger partial charge in [-0.25, -0.2) is 4.98 Å². The summed E-state index contributed by atoms with van der Waals surface area (Å²) in [4.78, 5) is 11.1. The third kappa shape index (κ3) is 6.18. The molecule has 0 radical (unpaired) electrons. The Labute approximate surface area is 135 Å². The zero-order chi connectivity index (χ0) is 16.5. The highest BCUT2D eigenvalue weighted by Gasteiger charge is 2.10. The normalized spacial score (nSPS) is 11.4. The Balaban J connectivity index is 2.60. The molecule has 1 aromatic rings. The first-order valence-electron chi connectivity index (χ1n) is 8.52. The first-order chi connectivity index (χ1) is 10.5. The summed E-state index contributed by atoms with van der Waals surface area (Å²) in [5, 5.41) is 3.42. The van der Waals surface area contributed by atoms with E-state index in [0.717, 1.165) is 43.9 Å². The first-order valence-corrected chi connectivity index (χ1v) is 8.52. The van der Waals surface area contributed by atoms with Crippen LogP contribution in [0.25, 0.3) is 0 Å². The minimum atomic E-state index is 0.361. The molecular formula is C17H33N5. The van der Waals surface area contributed by atoms with Crippen molar-refractivity contribution in [1.82, 2.24) is 14.9 Å². The molecule has 0 aromatic carbocycles. The van der Waals surface area contributed by atoms with E-state index < -0.39 is 0 Å². The lowest BCUT2D eigenvalue weighted by atomic mass is 10.1. The summed E-state index contributed by atoms with van der Waals surface area (Å²) in [6.45, 7) is 10.7. The summed E-state index contributed by atoms with van der Waals surface area (Å²) < 4.78 is 0. The monoisotopic (exact) mass is 307 g/mol. The fourth-order valence-corrected chi connectivity index (χ4v) is 2.37. The second-order valence-corrected chi connectivity index (χ2v) is 6.31. The predicted molar refractivity (Wildman–Crippen MR) is 95.3 cm³/mol. The van der Waals surface area contributed by atoms with Gasteiger partial charge in [-0.2, -0.15) is 4.98 Å². The fraction of sp³-hybridized carbons (Fsp3) is 0.765. The molecule has 3 N–H and O–H groups in total. The van der Waals surface area contributed by atoms with E-state index in [4.69, 9.17) is 5.73 Å². The molecule has 0 saturated heterocycles. The smallest absolute Gasteiger partial charge is 0.222 e. The van der Waals surface area contributed by atoms with Gasteiger partial charge in [0.05, 0.1) is 0 Å². The molecule has 0 aliphatic rings. The number of anilines is 2. The molecule has 5 heteroatoms. The Morgan fingerprint density at radius 1 is 1.18 bits per heavy atom. The Morgan fingerprint density at radius 2 is 1.91 bits per heavy atom. The molecule has 0 saturated carbocycles. The van der Waals surface area contributed by atoms with Gasteiger partial charge in [-0.05, 0) is 60.0 Å². The van der Waals surface area contributed by atoms with E-state index in [2.05, 4.69) is 48.0 Å². The van der Waals surface area contributed by atoms with Gasteiger partial charge in [0.1, 0.15) is 5.82 Å². The predicted octanol–water partition coefficient (Wildman–Crippen LogP) is 3.24. The highest BCUT2D eigenvalue weighted by molar-refractivity contribution is 5.49. The second-order valence-electron chi connectivity index (χ2n) is 6.31. The zero-order valence-electron chi connectivity index (χ0n) is 14.9. The summed E-state index contributed by atoms with van der Waals surface area (Å²) in [5.41, 5.74) is 8.01. The standard InChI is InChI=1S/C17H33N5/c1-6-7-11-19-16-15(14(4)20-17(18)21-16)10-8-9-12-22(5)13(2)3/h13H,6-12H2,1-5H3,(H3,18,19,20,21). The molecule has 1 rings (SSSR count). The first kappa shape index (κ1) is 18.7. The molecule has 0 atom stereocenters. The van der Waals surface area contributed by atoms with Gasteiger partial charge >= 0.3 is 0 Å². The Kier molecular flexibility index (Phi) is 8.17. The van der Waals surface area contributed by atoms with Crippen LogP contribution in [0.15, 0.2) is 0 Å². The topological polar surface area (TPSA) is 67.1 Å². The highest BCUT2D eigenvalue weighted by Crippen LogP contribution is 2.20. The molecule has 1 aromatic heterocycles. The van der Waals surface area contributed by atoms with E-state index in [-0.39, 0.29) is 0 Å². The van der Waals surface area contributed by atoms with Crippen molar-refractivity contribution >= 4 is 11.8 Å². The molecular weight excluding hydrogens is 274 g/mol. The Morgan fingerprint density at radius 3 is 2.55 bits per heavy atom. The molecule has 5 nitrogen and oxygen atoms in total. The Bertz CT molecular complexity index is 445. The van der Waals surface area contributed by atoms with Crippen molar-refractivity contribution in [2.45, 2.75) is 65.8 Å². The van der Waals surface area contributed by atoms with Crippen LogP contribution in [-0.4, -0.2) is 41.0 Å². The van der Waals surface area contributed by atoms with E-state index in [1.54, 1.807) is 0 Å². The van der Waals surface area contributed by atoms with Crippen molar-refractivity contribution in [2.75, 3.05) is 31.2 Å². The van der Waals surface area contributed by atoms with Crippen LogP contribution in [-0.2, 0) is 6.42 Å². The van der Waals surface area contributed by atoms with Crippen LogP contribution in [0.1, 0.15) is 57.7 Å². The third-order valence-electron chi connectivity index (χ3n) is 4.12. The molecule has 0 unspecified atom stereocenters. The van der Waals surface area contributed by atoms with E-state index in [1.807, 2.05) is 6.92 Å². The number of aromatic nitrogens is 2. The van der Waals surface area contributed by atoms with Crippen LogP contribution in [0.3, 0.4) is 0 Å². The summed E-state index contributed by atoms with van der Waals surface area (Å²) >= 11 is 0. The van der Waals surface area contributed by atoms with Crippen LogP contribution in [0, 0.1) is 6.92 Å². The van der Waals surface area contributed by atoms with Gasteiger partial charge in [0.15, 0.2) is 0 Å². The highest BCUT2D eigenvalue weighted by atomic mass is 15.1. The Hall–Kier alpha value is -1.36. The molecule has 0 aliphatic heterocycles. The van der Waals surface area contributed by atoms with E-state index >= 15 is 0 Å². The number of aryl methyl sites for hydroxylation is 1. The lowest BCUT2D eigenvalue weighted by molar-refractivity contribution is 0.268. The van der Waals surface area contributed by atoms with E-state index in [0.29, 0.717) is 12.0 Å². The molecule has 0 bridgehead atoms. The number of nitrogen functional groups attached to an aromatic ring is 1. The zero-order valence-corrected chi connectivity index (χ0v) is 14.9. The maximum Gasteiger partial charge on any atom is 0.222 e. The summed E-state index contributed by atoms with van der Waals surface area (Å²) in [6.07, 6.45) is 5.65. The van der Waals surface area contributed by atoms with Gasteiger partial charge < -0.3 is 16.0 Å². The number of nitrogens with one attached hydrogen (secondary N) is 1. The SMILES string of the molecule is CCCCNc1nc(N)nc(C)c1CCCCN(C)C(C)C. The molecule has 1 heterocycles. The second kappa shape index (κ2) is 9.62. The summed E-state index contributed by atoms with van der Waals surface area (Å²) in [6, 6.07) is 0.605. The van der Waals surface area contributed by atoms with Gasteiger partial charge in [0, 0.05) is 23.8 Å². The molecule has 0 aliphatic carbocycles. The number of nitrogens with two attached hydrogens (primary N) is 1. The number of unbranched alkanes of at least 4 members (excludes halogenated alkanes) is 2. The number of nitrogens with zero attached hydrogens (tertiary/aromatic N) is 3. The van der Waals surface area contributed by atoms with Gasteiger partial charge in [0.2, 0.25) is 5.95 Å². The van der Waals surface area contributed by atoms with Crippen molar-refractivity contribution < 1.29 is 0 Å². The minimum Gasteiger partial charge on any atom is -0.370 e. The molecule has 0 amide bonds. The van der Waals surface area contributed by atoms with Crippen LogP contribution in [0.4, 0.5) is 11.8 Å². The number of hydrogen-bond acceptors (Lipinski definition) is 5. The average Bonchev–Trinajstić information content (AvgIpc) is 2.45. The van der Waals surface area contributed by atoms with Crippen LogP contribution in [0.2, 0.25) is 0 Å². The summed E-state index contributed by atoms with van der Waals surface area (Å²) in [7, 11) is 2.18. The maximum absolute atomic E-state index is 5.79. The molecule has 22 heavy (non-hydrogen) atoms. The quantitative estimate of drug-likeness (QED) is 0.650. The average molecular weight is 307 g/mol. The minimum absolute atomic E-state index is 0.361. The summed E-state index contributed by atoms with van der Waals surface area (Å²) in [5.74, 6) is 1.29. The molecule has 0 fully saturated rings. The largest absolute Gasteiger partial charge is 0.370 e. The van der Waals surface area contributed by atoms with E-state index in [9.17, 15) is 0 Å². The fourth-order valence-electron chi connectivity index (χ4n) is 2.37. The van der Waals surface area contributed by atoms with Gasteiger partial charge in [-0.3, -0.25) is 0 Å². The van der Waals surface area contributed by atoms with Crippen molar-refractivity contribution in [2.24, 2.45) is 0 Å². The van der Waals surface area contributed by atoms with Crippen molar-refractivity contribution in [3.05, 3.63) is 11.3 Å². The van der Waals surface area contributed by atoms with Crippen LogP contribution in [0.5, 0.6) is 0 Å². The molecule has 0 spiro atoms.